The van der Waals surface area contributed by atoms with Crippen LogP contribution in [0.15, 0.2) is 75.5 Å². The van der Waals surface area contributed by atoms with Crippen LogP contribution < -0.4 is 5.32 Å². The third kappa shape index (κ3) is 3.28. The second-order valence-corrected chi connectivity index (χ2v) is 9.51. The number of hydrazone groups is 1. The summed E-state index contributed by atoms with van der Waals surface area (Å²) in [7, 11) is 1.87. The van der Waals surface area contributed by atoms with Gasteiger partial charge in [-0.2, -0.15) is 10.1 Å². The van der Waals surface area contributed by atoms with Crippen molar-refractivity contribution >= 4 is 29.3 Å². The van der Waals surface area contributed by atoms with Crippen LogP contribution in [0.25, 0.3) is 10.9 Å². The van der Waals surface area contributed by atoms with Gasteiger partial charge in [0, 0.05) is 48.6 Å². The second kappa shape index (κ2) is 8.12. The number of aliphatic imine (C=N–C) groups is 1. The molecule has 38 heavy (non-hydrogen) atoms. The van der Waals surface area contributed by atoms with Crippen LogP contribution in [0.2, 0.25) is 0 Å². The van der Waals surface area contributed by atoms with Crippen LogP contribution in [0, 0.1) is 12.7 Å². The van der Waals surface area contributed by atoms with E-state index in [0.29, 0.717) is 35.4 Å². The minimum absolute atomic E-state index is 0.319. The fraction of sp³-hybridized carbons (Fsp3) is 0.185. The van der Waals surface area contributed by atoms with Crippen LogP contribution in [0.5, 0.6) is 0 Å². The maximum Gasteiger partial charge on any atom is 0.343 e. The van der Waals surface area contributed by atoms with E-state index >= 15 is 0 Å². The van der Waals surface area contributed by atoms with Gasteiger partial charge in [0.25, 0.3) is 0 Å². The molecule has 11 heteroatoms. The summed E-state index contributed by atoms with van der Waals surface area (Å²) in [6.45, 7) is 5.89. The molecule has 2 atom stereocenters. The van der Waals surface area contributed by atoms with Gasteiger partial charge in [0.05, 0.1) is 18.6 Å². The summed E-state index contributed by atoms with van der Waals surface area (Å²) >= 11 is 0. The van der Waals surface area contributed by atoms with Gasteiger partial charge in [0.2, 0.25) is 11.7 Å². The van der Waals surface area contributed by atoms with E-state index in [1.807, 2.05) is 25.4 Å². The molecule has 2 aromatic carbocycles. The van der Waals surface area contributed by atoms with Crippen molar-refractivity contribution in [3.05, 3.63) is 101 Å². The minimum atomic E-state index is -1.02. The number of rotatable bonds is 4. The quantitative estimate of drug-likeness (QED) is 0.363. The van der Waals surface area contributed by atoms with Crippen molar-refractivity contribution < 1.29 is 13.6 Å². The lowest BCUT2D eigenvalue weighted by atomic mass is 9.79. The third-order valence-corrected chi connectivity index (χ3v) is 7.10. The molecule has 10 nitrogen and oxygen atoms in total. The molecule has 3 aromatic heterocycles. The van der Waals surface area contributed by atoms with Gasteiger partial charge in [0.1, 0.15) is 11.9 Å². The first-order chi connectivity index (χ1) is 18.4. The maximum atomic E-state index is 13.5. The number of aromatic amines is 1. The van der Waals surface area contributed by atoms with E-state index in [-0.39, 0.29) is 11.9 Å². The molecule has 2 unspecified atom stereocenters. The summed E-state index contributed by atoms with van der Waals surface area (Å²) in [6, 6.07) is 13.9. The number of aryl methyl sites for hydroxylation is 2. The zero-order valence-corrected chi connectivity index (χ0v) is 20.7. The zero-order chi connectivity index (χ0) is 26.0. The van der Waals surface area contributed by atoms with Crippen LogP contribution in [0.1, 0.15) is 34.1 Å². The molecule has 5 aromatic rings. The van der Waals surface area contributed by atoms with Crippen LogP contribution >= 0.6 is 0 Å². The van der Waals surface area contributed by atoms with Crippen LogP contribution in [-0.4, -0.2) is 54.0 Å². The van der Waals surface area contributed by atoms with Gasteiger partial charge in [0.15, 0.2) is 5.54 Å². The van der Waals surface area contributed by atoms with Crippen molar-refractivity contribution in [2.24, 2.45) is 17.1 Å². The highest BCUT2D eigenvalue weighted by Gasteiger charge is 2.52. The SMILES string of the molecule is C=[N+]1N=C(c2ccc(F)cc2)N=C1C1Cc2c([nH]c3ccccc23)C(c2cnn(C)c2)(c2noc(C)n2)N1. The van der Waals surface area contributed by atoms with Crippen molar-refractivity contribution in [2.75, 3.05) is 0 Å². The van der Waals surface area contributed by atoms with Crippen molar-refractivity contribution in [3.8, 4) is 0 Å². The fourth-order valence-electron chi connectivity index (χ4n) is 5.41. The minimum Gasteiger partial charge on any atom is -0.356 e. The van der Waals surface area contributed by atoms with Gasteiger partial charge in [-0.15, -0.1) is 4.68 Å². The highest BCUT2D eigenvalue weighted by atomic mass is 19.1. The Labute approximate surface area is 216 Å². The second-order valence-electron chi connectivity index (χ2n) is 9.51. The normalized spacial score (nSPS) is 21.0. The van der Waals surface area contributed by atoms with Crippen LogP contribution in [0.4, 0.5) is 4.39 Å². The van der Waals surface area contributed by atoms with Crippen molar-refractivity contribution in [1.82, 2.24) is 30.2 Å². The molecule has 0 bridgehead atoms. The van der Waals surface area contributed by atoms with E-state index in [1.165, 1.54) is 16.8 Å². The molecule has 0 spiro atoms. The Morgan fingerprint density at radius 3 is 2.74 bits per heavy atom. The van der Waals surface area contributed by atoms with E-state index in [4.69, 9.17) is 9.52 Å². The number of hydrogen-bond donors (Lipinski definition) is 2. The van der Waals surface area contributed by atoms with E-state index < -0.39 is 5.54 Å². The van der Waals surface area contributed by atoms with Crippen molar-refractivity contribution in [2.45, 2.75) is 24.9 Å². The maximum absolute atomic E-state index is 13.5. The molecular weight excluding hydrogens is 485 g/mol. The molecule has 0 fully saturated rings. The van der Waals surface area contributed by atoms with E-state index in [1.54, 1.807) is 29.9 Å². The summed E-state index contributed by atoms with van der Waals surface area (Å²) in [4.78, 5) is 13.2. The fourth-order valence-corrected chi connectivity index (χ4v) is 5.41. The highest BCUT2D eigenvalue weighted by Crippen LogP contribution is 2.43. The smallest absolute Gasteiger partial charge is 0.343 e. The molecular formula is C27H23FN9O+. The van der Waals surface area contributed by atoms with Gasteiger partial charge in [-0.05, 0) is 46.0 Å². The number of hydrogen-bond acceptors (Lipinski definition) is 7. The lowest BCUT2D eigenvalue weighted by molar-refractivity contribution is -0.402. The van der Waals surface area contributed by atoms with Crippen molar-refractivity contribution in [3.63, 3.8) is 0 Å². The number of para-hydroxylation sites is 1. The summed E-state index contributed by atoms with van der Waals surface area (Å²) in [5.41, 5.74) is 3.53. The molecule has 2 aliphatic rings. The first kappa shape index (κ1) is 22.4. The predicted octanol–water partition coefficient (Wildman–Crippen LogP) is 3.03. The molecule has 2 aliphatic heterocycles. The number of amidine groups is 2. The number of nitrogens with one attached hydrogen (secondary N) is 2. The average Bonchev–Trinajstić information content (AvgIpc) is 3.70. The summed E-state index contributed by atoms with van der Waals surface area (Å²) in [6.07, 6.45) is 4.35. The van der Waals surface area contributed by atoms with E-state index in [0.717, 1.165) is 27.7 Å². The molecule has 5 heterocycles. The Bertz CT molecular complexity index is 1750. The van der Waals surface area contributed by atoms with Crippen molar-refractivity contribution in [1.29, 1.82) is 0 Å². The lowest BCUT2D eigenvalue weighted by Gasteiger charge is -2.38. The molecule has 0 radical (unpaired) electrons. The number of halogens is 1. The average molecular weight is 509 g/mol. The Morgan fingerprint density at radius 2 is 2.00 bits per heavy atom. The monoisotopic (exact) mass is 508 g/mol. The molecule has 2 N–H and O–H groups in total. The first-order valence-electron chi connectivity index (χ1n) is 12.1. The first-order valence-corrected chi connectivity index (χ1v) is 12.1. The largest absolute Gasteiger partial charge is 0.356 e. The van der Waals surface area contributed by atoms with Gasteiger partial charge in [-0.1, -0.05) is 23.4 Å². The van der Waals surface area contributed by atoms with Gasteiger partial charge in [-0.25, -0.2) is 4.39 Å². The van der Waals surface area contributed by atoms with E-state index in [9.17, 15) is 4.39 Å². The Kier molecular flexibility index (Phi) is 4.79. The Morgan fingerprint density at radius 1 is 1.18 bits per heavy atom. The Hall–Kier alpha value is -4.77. The molecule has 188 valence electrons. The number of benzene rings is 2. The molecule has 7 rings (SSSR count). The van der Waals surface area contributed by atoms with Crippen LogP contribution in [-0.2, 0) is 19.0 Å². The highest BCUT2D eigenvalue weighted by molar-refractivity contribution is 6.08. The number of nitrogens with zero attached hydrogens (tertiary/aromatic N) is 7. The summed E-state index contributed by atoms with van der Waals surface area (Å²) in [5.74, 6) is 1.66. The number of H-pyrrole nitrogens is 1. The topological polar surface area (TPSA) is 112 Å². The zero-order valence-electron chi connectivity index (χ0n) is 20.7. The molecule has 0 saturated heterocycles. The van der Waals surface area contributed by atoms with Crippen LogP contribution in [0.3, 0.4) is 0 Å². The Balaban J connectivity index is 1.44. The number of fused-ring (bicyclic) bond motifs is 3. The molecule has 0 amide bonds. The predicted molar refractivity (Wildman–Crippen MR) is 139 cm³/mol. The van der Waals surface area contributed by atoms with E-state index in [2.05, 4.69) is 49.5 Å². The third-order valence-electron chi connectivity index (χ3n) is 7.10. The standard InChI is InChI=1S/C27H23FN9O/c1-15-30-26(35-38-15)27(17-13-29-36(2)14-17)23-20(19-6-4-5-7-21(19)31-23)12-22(33-27)25-32-24(34-37(25)3)16-8-10-18(28)11-9-16/h4-11,13-14,22,31,33H,3,12H2,1-2H3/q+1. The van der Waals surface area contributed by atoms with Gasteiger partial charge < -0.3 is 9.51 Å². The molecule has 0 aliphatic carbocycles. The summed E-state index contributed by atoms with van der Waals surface area (Å²) in [5, 5.41) is 18.3. The molecule has 0 saturated carbocycles. The van der Waals surface area contributed by atoms with Gasteiger partial charge >= 0.3 is 11.7 Å². The summed E-state index contributed by atoms with van der Waals surface area (Å²) < 4.78 is 22.3. The van der Waals surface area contributed by atoms with Gasteiger partial charge in [-0.3, -0.25) is 10.00 Å². The number of aromatic nitrogens is 5. The lowest BCUT2D eigenvalue weighted by Crippen LogP contribution is -2.58.